The van der Waals surface area contributed by atoms with Crippen LogP contribution in [0, 0.1) is 12.3 Å². The number of anilines is 1. The van der Waals surface area contributed by atoms with Crippen molar-refractivity contribution in [3.05, 3.63) is 46.7 Å². The lowest BCUT2D eigenvalue weighted by atomic mass is 10.2. The Bertz CT molecular complexity index is 724. The normalized spacial score (nSPS) is 17.1. The molecule has 1 aliphatic rings. The van der Waals surface area contributed by atoms with E-state index in [-0.39, 0.29) is 18.7 Å². The lowest BCUT2D eigenvalue weighted by Gasteiger charge is -2.32. The highest BCUT2D eigenvalue weighted by molar-refractivity contribution is 7.10. The molecule has 0 bridgehead atoms. The van der Waals surface area contributed by atoms with E-state index in [0.717, 1.165) is 4.88 Å². The molecule has 2 amide bonds. The Labute approximate surface area is 145 Å². The fourth-order valence-corrected chi connectivity index (χ4v) is 3.26. The number of terminal acetylenes is 1. The molecule has 1 aromatic carbocycles. The van der Waals surface area contributed by atoms with Gasteiger partial charge in [0, 0.05) is 11.4 Å². The predicted molar refractivity (Wildman–Crippen MR) is 94.4 cm³/mol. The minimum absolute atomic E-state index is 0.0718. The zero-order valence-electron chi connectivity index (χ0n) is 13.1. The molecular formula is C18H18N2O3S. The van der Waals surface area contributed by atoms with Crippen molar-refractivity contribution in [2.45, 2.75) is 6.10 Å². The number of hydrogen-bond donors (Lipinski definition) is 1. The number of amides is 2. The molecule has 1 atom stereocenters. The van der Waals surface area contributed by atoms with E-state index in [2.05, 4.69) is 11.2 Å². The van der Waals surface area contributed by atoms with Crippen LogP contribution in [-0.4, -0.2) is 37.2 Å². The number of morpholine rings is 1. The Hall–Kier alpha value is -2.49. The Morgan fingerprint density at radius 1 is 1.42 bits per heavy atom. The molecule has 1 N–H and O–H groups in total. The molecule has 124 valence electrons. The van der Waals surface area contributed by atoms with Crippen molar-refractivity contribution in [2.75, 3.05) is 31.6 Å². The minimum Gasteiger partial charge on any atom is -0.479 e. The van der Waals surface area contributed by atoms with E-state index < -0.39 is 0 Å². The molecule has 0 spiro atoms. The van der Waals surface area contributed by atoms with Gasteiger partial charge in [-0.2, -0.15) is 0 Å². The third-order valence-electron chi connectivity index (χ3n) is 3.65. The molecule has 24 heavy (non-hydrogen) atoms. The number of nitrogens with zero attached hydrogens (tertiary/aromatic N) is 1. The minimum atomic E-state index is -0.170. The third-order valence-corrected chi connectivity index (χ3v) is 4.62. The van der Waals surface area contributed by atoms with Crippen LogP contribution in [0.15, 0.2) is 41.8 Å². The van der Waals surface area contributed by atoms with E-state index in [9.17, 15) is 4.79 Å². The van der Waals surface area contributed by atoms with Gasteiger partial charge in [-0.1, -0.05) is 24.1 Å². The van der Waals surface area contributed by atoms with Gasteiger partial charge in [0.2, 0.25) is 0 Å². The number of thiophene rings is 1. The number of urea groups is 1. The maximum atomic E-state index is 12.6. The lowest BCUT2D eigenvalue weighted by Crippen LogP contribution is -2.44. The van der Waals surface area contributed by atoms with E-state index in [1.807, 2.05) is 29.6 Å². The predicted octanol–water partition coefficient (Wildman–Crippen LogP) is 3.37. The van der Waals surface area contributed by atoms with E-state index in [1.165, 1.54) is 0 Å². The van der Waals surface area contributed by atoms with Crippen LogP contribution < -0.4 is 10.1 Å². The van der Waals surface area contributed by atoms with E-state index >= 15 is 0 Å². The van der Waals surface area contributed by atoms with Crippen molar-refractivity contribution in [2.24, 2.45) is 0 Å². The first-order chi connectivity index (χ1) is 11.8. The third kappa shape index (κ3) is 3.88. The van der Waals surface area contributed by atoms with Gasteiger partial charge in [0.15, 0.2) is 0 Å². The highest BCUT2D eigenvalue weighted by atomic mass is 32.1. The summed E-state index contributed by atoms with van der Waals surface area (Å²) in [6.45, 7) is 1.76. The van der Waals surface area contributed by atoms with Crippen LogP contribution in [0.1, 0.15) is 11.0 Å². The van der Waals surface area contributed by atoms with Crippen molar-refractivity contribution in [3.8, 4) is 18.1 Å². The first-order valence-electron chi connectivity index (χ1n) is 7.64. The summed E-state index contributed by atoms with van der Waals surface area (Å²) in [6.07, 6.45) is 5.15. The van der Waals surface area contributed by atoms with Gasteiger partial charge in [-0.3, -0.25) is 0 Å². The highest BCUT2D eigenvalue weighted by Gasteiger charge is 2.26. The molecule has 1 saturated heterocycles. The fraction of sp³-hybridized carbons (Fsp3) is 0.278. The second kappa shape index (κ2) is 7.86. The summed E-state index contributed by atoms with van der Waals surface area (Å²) in [5.74, 6) is 2.98. The van der Waals surface area contributed by atoms with Crippen LogP contribution in [0.2, 0.25) is 0 Å². The standard InChI is InChI=1S/C18H18N2O3S/c1-2-10-22-15-7-4-3-6-14(15)19-18(21)20-9-11-23-16(13-20)17-8-5-12-24-17/h1,3-8,12,16H,9-11,13H2,(H,19,21)/t16-/m1/s1. The molecule has 6 heteroatoms. The van der Waals surface area contributed by atoms with Gasteiger partial charge in [0.1, 0.15) is 18.5 Å². The zero-order chi connectivity index (χ0) is 16.8. The summed E-state index contributed by atoms with van der Waals surface area (Å²) >= 11 is 1.64. The summed E-state index contributed by atoms with van der Waals surface area (Å²) in [5.41, 5.74) is 0.608. The van der Waals surface area contributed by atoms with Gasteiger partial charge < -0.3 is 19.7 Å². The molecule has 0 saturated carbocycles. The molecule has 0 radical (unpaired) electrons. The smallest absolute Gasteiger partial charge is 0.322 e. The molecule has 2 aromatic rings. The molecule has 2 heterocycles. The van der Waals surface area contributed by atoms with Gasteiger partial charge in [0.25, 0.3) is 0 Å². The molecule has 1 aliphatic heterocycles. The fourth-order valence-electron chi connectivity index (χ4n) is 2.49. The summed E-state index contributed by atoms with van der Waals surface area (Å²) in [6, 6.07) is 11.1. The Morgan fingerprint density at radius 3 is 3.08 bits per heavy atom. The summed E-state index contributed by atoms with van der Waals surface area (Å²) < 4.78 is 11.2. The topological polar surface area (TPSA) is 50.8 Å². The molecule has 3 rings (SSSR count). The van der Waals surface area contributed by atoms with E-state index in [4.69, 9.17) is 15.9 Å². The van der Waals surface area contributed by atoms with Crippen LogP contribution >= 0.6 is 11.3 Å². The maximum Gasteiger partial charge on any atom is 0.322 e. The monoisotopic (exact) mass is 342 g/mol. The summed E-state index contributed by atoms with van der Waals surface area (Å²) in [5, 5.41) is 4.91. The second-order valence-corrected chi connectivity index (χ2v) is 6.22. The molecule has 5 nitrogen and oxygen atoms in total. The Morgan fingerprint density at radius 2 is 2.29 bits per heavy atom. The molecule has 1 aromatic heterocycles. The zero-order valence-corrected chi connectivity index (χ0v) is 13.9. The summed E-state index contributed by atoms with van der Waals surface area (Å²) in [7, 11) is 0. The Kier molecular flexibility index (Phi) is 5.36. The van der Waals surface area contributed by atoms with Gasteiger partial charge in [-0.05, 0) is 23.6 Å². The number of carbonyl (C=O) groups excluding carboxylic acids is 1. The van der Waals surface area contributed by atoms with Gasteiger partial charge in [0.05, 0.1) is 18.8 Å². The molecule has 0 unspecified atom stereocenters. The number of rotatable bonds is 4. The number of nitrogens with one attached hydrogen (secondary N) is 1. The van der Waals surface area contributed by atoms with Crippen molar-refractivity contribution in [3.63, 3.8) is 0 Å². The highest BCUT2D eigenvalue weighted by Crippen LogP contribution is 2.28. The Balaban J connectivity index is 1.66. The van der Waals surface area contributed by atoms with Crippen LogP contribution in [0.4, 0.5) is 10.5 Å². The maximum absolute atomic E-state index is 12.6. The number of hydrogen-bond acceptors (Lipinski definition) is 4. The molecule has 0 aliphatic carbocycles. The van der Waals surface area contributed by atoms with E-state index in [1.54, 1.807) is 28.4 Å². The van der Waals surface area contributed by atoms with Gasteiger partial charge in [-0.15, -0.1) is 17.8 Å². The van der Waals surface area contributed by atoms with Crippen LogP contribution in [0.25, 0.3) is 0 Å². The largest absolute Gasteiger partial charge is 0.479 e. The van der Waals surface area contributed by atoms with Gasteiger partial charge in [-0.25, -0.2) is 4.79 Å². The molecule has 1 fully saturated rings. The first kappa shape index (κ1) is 16.4. The molecular weight excluding hydrogens is 324 g/mol. The van der Waals surface area contributed by atoms with E-state index in [0.29, 0.717) is 31.1 Å². The number of benzene rings is 1. The van der Waals surface area contributed by atoms with Crippen LogP contribution in [-0.2, 0) is 4.74 Å². The van der Waals surface area contributed by atoms with Crippen LogP contribution in [0.5, 0.6) is 5.75 Å². The van der Waals surface area contributed by atoms with Crippen molar-refractivity contribution >= 4 is 23.1 Å². The summed E-state index contributed by atoms with van der Waals surface area (Å²) in [4.78, 5) is 15.5. The van der Waals surface area contributed by atoms with Crippen LogP contribution in [0.3, 0.4) is 0 Å². The first-order valence-corrected chi connectivity index (χ1v) is 8.52. The number of carbonyl (C=O) groups is 1. The second-order valence-electron chi connectivity index (χ2n) is 5.24. The number of ether oxygens (including phenoxy) is 2. The number of para-hydroxylation sites is 2. The lowest BCUT2D eigenvalue weighted by molar-refractivity contribution is -0.0116. The average Bonchev–Trinajstić information content (AvgIpc) is 3.16. The SMILES string of the molecule is C#CCOc1ccccc1NC(=O)N1CCO[C@@H](c2cccs2)C1. The quantitative estimate of drug-likeness (QED) is 0.867. The van der Waals surface area contributed by atoms with Crippen molar-refractivity contribution < 1.29 is 14.3 Å². The van der Waals surface area contributed by atoms with Crippen molar-refractivity contribution in [1.29, 1.82) is 0 Å². The van der Waals surface area contributed by atoms with Gasteiger partial charge >= 0.3 is 6.03 Å². The average molecular weight is 342 g/mol. The van der Waals surface area contributed by atoms with Crippen molar-refractivity contribution in [1.82, 2.24) is 4.90 Å².